The van der Waals surface area contributed by atoms with Crippen molar-refractivity contribution in [1.82, 2.24) is 15.1 Å². The Morgan fingerprint density at radius 1 is 1.50 bits per heavy atom. The molecule has 92 valence electrons. The number of aliphatic hydroxyl groups is 1. The molecule has 0 bridgehead atoms. The molecule has 1 aromatic rings. The summed E-state index contributed by atoms with van der Waals surface area (Å²) in [6, 6.07) is 0. The number of rotatable bonds is 6. The van der Waals surface area contributed by atoms with Crippen molar-refractivity contribution in [1.29, 1.82) is 0 Å². The number of nitrogens with one attached hydrogen (secondary N) is 1. The first-order valence-corrected chi connectivity index (χ1v) is 5.81. The van der Waals surface area contributed by atoms with Crippen LogP contribution < -0.4 is 5.32 Å². The molecule has 0 amide bonds. The second kappa shape index (κ2) is 5.46. The lowest BCUT2D eigenvalue weighted by Crippen LogP contribution is -2.34. The molecule has 0 aliphatic heterocycles. The first-order valence-electron chi connectivity index (χ1n) is 5.81. The normalized spacial score (nSPS) is 12.4. The van der Waals surface area contributed by atoms with E-state index in [0.717, 1.165) is 18.7 Å². The number of hydrogen-bond acceptors (Lipinski definition) is 3. The van der Waals surface area contributed by atoms with E-state index in [1.165, 1.54) is 0 Å². The lowest BCUT2D eigenvalue weighted by molar-refractivity contribution is 0.0795. The average molecular weight is 225 g/mol. The van der Waals surface area contributed by atoms with Crippen LogP contribution in [0.15, 0.2) is 12.4 Å². The fraction of sp³-hybridized carbons (Fsp3) is 0.750. The molecule has 2 N–H and O–H groups in total. The zero-order valence-electron chi connectivity index (χ0n) is 10.7. The Balaban J connectivity index is 2.35. The van der Waals surface area contributed by atoms with Crippen molar-refractivity contribution >= 4 is 0 Å². The summed E-state index contributed by atoms with van der Waals surface area (Å²) in [6.07, 6.45) is 3.93. The molecule has 16 heavy (non-hydrogen) atoms. The summed E-state index contributed by atoms with van der Waals surface area (Å²) in [4.78, 5) is 0. The minimum Gasteiger partial charge on any atom is -0.389 e. The van der Waals surface area contributed by atoms with Crippen LogP contribution in [0.3, 0.4) is 0 Å². The number of hydrogen-bond donors (Lipinski definition) is 2. The van der Waals surface area contributed by atoms with E-state index >= 15 is 0 Å². The first-order chi connectivity index (χ1) is 7.37. The Bertz CT molecular complexity index is 312. The van der Waals surface area contributed by atoms with Gasteiger partial charge < -0.3 is 10.4 Å². The highest BCUT2D eigenvalue weighted by Crippen LogP contribution is 2.03. The van der Waals surface area contributed by atoms with Gasteiger partial charge >= 0.3 is 0 Å². The van der Waals surface area contributed by atoms with Crippen molar-refractivity contribution in [2.24, 2.45) is 5.92 Å². The van der Waals surface area contributed by atoms with E-state index < -0.39 is 5.60 Å². The molecule has 4 nitrogen and oxygen atoms in total. The summed E-state index contributed by atoms with van der Waals surface area (Å²) < 4.78 is 1.96. The fourth-order valence-corrected chi connectivity index (χ4v) is 1.48. The number of nitrogens with zero attached hydrogens (tertiary/aromatic N) is 2. The summed E-state index contributed by atoms with van der Waals surface area (Å²) in [5.41, 5.74) is 0.499. The highest BCUT2D eigenvalue weighted by Gasteiger charge is 2.11. The zero-order valence-corrected chi connectivity index (χ0v) is 10.7. The van der Waals surface area contributed by atoms with Gasteiger partial charge in [0, 0.05) is 31.4 Å². The fourth-order valence-electron chi connectivity index (χ4n) is 1.48. The molecule has 0 atom stereocenters. The van der Waals surface area contributed by atoms with E-state index in [1.807, 2.05) is 10.9 Å². The van der Waals surface area contributed by atoms with Crippen molar-refractivity contribution in [3.05, 3.63) is 18.0 Å². The van der Waals surface area contributed by atoms with Gasteiger partial charge in [0.25, 0.3) is 0 Å². The summed E-state index contributed by atoms with van der Waals surface area (Å²) >= 11 is 0. The number of aromatic nitrogens is 2. The molecule has 0 unspecified atom stereocenters. The van der Waals surface area contributed by atoms with Gasteiger partial charge in [-0.05, 0) is 19.8 Å². The zero-order chi connectivity index (χ0) is 12.2. The Hall–Kier alpha value is -0.870. The summed E-state index contributed by atoms with van der Waals surface area (Å²) in [6.45, 7) is 10.2. The minimum absolute atomic E-state index is 0.586. The van der Waals surface area contributed by atoms with Crippen LogP contribution in [0.25, 0.3) is 0 Å². The van der Waals surface area contributed by atoms with E-state index in [4.69, 9.17) is 0 Å². The third-order valence-electron chi connectivity index (χ3n) is 2.13. The van der Waals surface area contributed by atoms with Gasteiger partial charge in [0.1, 0.15) is 0 Å². The quantitative estimate of drug-likeness (QED) is 0.769. The van der Waals surface area contributed by atoms with Crippen molar-refractivity contribution in [2.75, 3.05) is 6.54 Å². The topological polar surface area (TPSA) is 50.1 Å². The molecule has 0 spiro atoms. The highest BCUT2D eigenvalue weighted by molar-refractivity contribution is 5.03. The maximum Gasteiger partial charge on any atom is 0.0715 e. The lowest BCUT2D eigenvalue weighted by atomic mass is 10.1. The van der Waals surface area contributed by atoms with Crippen LogP contribution in [-0.2, 0) is 13.1 Å². The van der Waals surface area contributed by atoms with Gasteiger partial charge in [-0.1, -0.05) is 13.8 Å². The van der Waals surface area contributed by atoms with E-state index in [-0.39, 0.29) is 0 Å². The van der Waals surface area contributed by atoms with Gasteiger partial charge in [-0.25, -0.2) is 0 Å². The Morgan fingerprint density at radius 2 is 2.19 bits per heavy atom. The highest BCUT2D eigenvalue weighted by atomic mass is 16.3. The van der Waals surface area contributed by atoms with Crippen molar-refractivity contribution in [2.45, 2.75) is 46.4 Å². The molecular formula is C12H23N3O. The molecular weight excluding hydrogens is 202 g/mol. The van der Waals surface area contributed by atoms with E-state index in [2.05, 4.69) is 30.5 Å². The summed E-state index contributed by atoms with van der Waals surface area (Å²) in [5, 5.41) is 17.0. The largest absolute Gasteiger partial charge is 0.389 e. The monoisotopic (exact) mass is 225 g/mol. The summed E-state index contributed by atoms with van der Waals surface area (Å²) in [5.74, 6) is 0.608. The Morgan fingerprint density at radius 3 is 2.75 bits per heavy atom. The molecule has 1 heterocycles. The van der Waals surface area contributed by atoms with Crippen LogP contribution >= 0.6 is 0 Å². The van der Waals surface area contributed by atoms with E-state index in [9.17, 15) is 5.11 Å². The predicted octanol–water partition coefficient (Wildman–Crippen LogP) is 1.40. The molecule has 1 rings (SSSR count). The first kappa shape index (κ1) is 13.2. The van der Waals surface area contributed by atoms with Crippen LogP contribution in [0.5, 0.6) is 0 Å². The molecule has 0 aliphatic carbocycles. The molecule has 0 radical (unpaired) electrons. The molecule has 1 aromatic heterocycles. The van der Waals surface area contributed by atoms with Crippen molar-refractivity contribution in [3.8, 4) is 0 Å². The SMILES string of the molecule is CC(C)Cn1cc(CNCC(C)(C)O)cn1. The summed E-state index contributed by atoms with van der Waals surface area (Å²) in [7, 11) is 0. The van der Waals surface area contributed by atoms with Crippen LogP contribution in [0, 0.1) is 5.92 Å². The van der Waals surface area contributed by atoms with E-state index in [1.54, 1.807) is 13.8 Å². The lowest BCUT2D eigenvalue weighted by Gasteiger charge is -2.17. The third kappa shape index (κ3) is 5.28. The molecule has 0 saturated heterocycles. The minimum atomic E-state index is -0.659. The van der Waals surface area contributed by atoms with E-state index in [0.29, 0.717) is 12.5 Å². The van der Waals surface area contributed by atoms with Crippen LogP contribution in [-0.4, -0.2) is 27.0 Å². The molecule has 0 fully saturated rings. The standard InChI is InChI=1S/C12H23N3O/c1-10(2)7-15-8-11(6-14-15)5-13-9-12(3,4)16/h6,8,10,13,16H,5,7,9H2,1-4H3. The van der Waals surface area contributed by atoms with Gasteiger partial charge in [-0.3, -0.25) is 4.68 Å². The Kier molecular flexibility index (Phi) is 4.50. The molecule has 0 aliphatic rings. The van der Waals surface area contributed by atoms with Gasteiger partial charge in [-0.15, -0.1) is 0 Å². The van der Waals surface area contributed by atoms with Crippen LogP contribution in [0.1, 0.15) is 33.3 Å². The second-order valence-electron chi connectivity index (χ2n) is 5.38. The predicted molar refractivity (Wildman–Crippen MR) is 65.1 cm³/mol. The average Bonchev–Trinajstić information content (AvgIpc) is 2.49. The van der Waals surface area contributed by atoms with Gasteiger partial charge in [0.15, 0.2) is 0 Å². The van der Waals surface area contributed by atoms with Crippen LogP contribution in [0.4, 0.5) is 0 Å². The van der Waals surface area contributed by atoms with Gasteiger partial charge in [-0.2, -0.15) is 5.10 Å². The molecule has 0 aromatic carbocycles. The van der Waals surface area contributed by atoms with Crippen LogP contribution in [0.2, 0.25) is 0 Å². The maximum atomic E-state index is 9.54. The smallest absolute Gasteiger partial charge is 0.0715 e. The van der Waals surface area contributed by atoms with Crippen molar-refractivity contribution < 1.29 is 5.11 Å². The van der Waals surface area contributed by atoms with Gasteiger partial charge in [0.05, 0.1) is 11.8 Å². The van der Waals surface area contributed by atoms with Gasteiger partial charge in [0.2, 0.25) is 0 Å². The van der Waals surface area contributed by atoms with Crippen molar-refractivity contribution in [3.63, 3.8) is 0 Å². The molecule has 4 heteroatoms. The second-order valence-corrected chi connectivity index (χ2v) is 5.38. The third-order valence-corrected chi connectivity index (χ3v) is 2.13. The maximum absolute atomic E-state index is 9.54. The molecule has 0 saturated carbocycles. The Labute approximate surface area is 97.7 Å².